The van der Waals surface area contributed by atoms with Gasteiger partial charge in [-0.25, -0.2) is 0 Å². The Bertz CT molecular complexity index is 478. The number of carbonyl (C=O) groups is 1. The van der Waals surface area contributed by atoms with E-state index in [0.717, 1.165) is 6.07 Å². The number of aromatic nitrogens is 1. The molecule has 1 aromatic rings. The maximum Gasteiger partial charge on any atom is 0.427 e. The van der Waals surface area contributed by atoms with Gasteiger partial charge in [0, 0.05) is 6.07 Å². The van der Waals surface area contributed by atoms with E-state index < -0.39 is 23.8 Å². The summed E-state index contributed by atoms with van der Waals surface area (Å²) in [6.45, 7) is 0. The zero-order chi connectivity index (χ0) is 11.2. The number of carbonyl (C=O) groups excluding carboxylic acids is 1. The second-order valence-electron chi connectivity index (χ2n) is 3.04. The molecule has 2 heterocycles. The van der Waals surface area contributed by atoms with E-state index in [2.05, 4.69) is 0 Å². The largest absolute Gasteiger partial charge is 0.427 e. The molecule has 4 nitrogen and oxygen atoms in total. The number of hydrogen-bond acceptors (Lipinski definition) is 2. The van der Waals surface area contributed by atoms with Gasteiger partial charge < -0.3 is 5.32 Å². The zero-order valence-corrected chi connectivity index (χ0v) is 7.21. The molecule has 80 valence electrons. The molecule has 0 saturated heterocycles. The molecule has 1 amide bonds. The molecule has 0 bridgehead atoms. The fourth-order valence-electron chi connectivity index (χ4n) is 1.44. The molecule has 0 saturated carbocycles. The average Bonchev–Trinajstić information content (AvgIpc) is 2.45. The van der Waals surface area contributed by atoms with Crippen LogP contribution in [0.1, 0.15) is 16.7 Å². The summed E-state index contributed by atoms with van der Waals surface area (Å²) in [7, 11) is 0. The molecule has 0 aliphatic carbocycles. The molecule has 15 heavy (non-hydrogen) atoms. The third-order valence-electron chi connectivity index (χ3n) is 2.06. The standard InChI is InChI=1S/C8H5F3N2O2/c9-8(10,11)7-12-6(15)4-2-1-3-5(14)13(4)7/h1-3,7H,(H,12,15). The van der Waals surface area contributed by atoms with Crippen LogP contribution in [0.5, 0.6) is 0 Å². The Labute approximate surface area is 81.3 Å². The lowest BCUT2D eigenvalue weighted by atomic mass is 10.3. The van der Waals surface area contributed by atoms with Crippen LogP contribution in [0.2, 0.25) is 0 Å². The van der Waals surface area contributed by atoms with Crippen LogP contribution >= 0.6 is 0 Å². The van der Waals surface area contributed by atoms with Crippen LogP contribution in [0.15, 0.2) is 23.0 Å². The highest BCUT2D eigenvalue weighted by molar-refractivity contribution is 5.94. The number of halogens is 3. The molecule has 0 aromatic carbocycles. The number of alkyl halides is 3. The summed E-state index contributed by atoms with van der Waals surface area (Å²) < 4.78 is 37.7. The zero-order valence-electron chi connectivity index (χ0n) is 7.21. The fourth-order valence-corrected chi connectivity index (χ4v) is 1.44. The minimum atomic E-state index is -4.67. The monoisotopic (exact) mass is 218 g/mol. The summed E-state index contributed by atoms with van der Waals surface area (Å²) in [5.41, 5.74) is -1.13. The first-order chi connectivity index (χ1) is 6.91. The van der Waals surface area contributed by atoms with E-state index in [4.69, 9.17) is 0 Å². The Morgan fingerprint density at radius 3 is 2.53 bits per heavy atom. The van der Waals surface area contributed by atoms with Crippen molar-refractivity contribution in [2.75, 3.05) is 0 Å². The summed E-state index contributed by atoms with van der Waals surface area (Å²) in [4.78, 5) is 22.3. The molecular formula is C8H5F3N2O2. The number of pyridine rings is 1. The normalized spacial score (nSPS) is 19.9. The summed E-state index contributed by atoms with van der Waals surface area (Å²) in [5.74, 6) is -0.893. The van der Waals surface area contributed by atoms with E-state index in [1.165, 1.54) is 12.1 Å². The van der Waals surface area contributed by atoms with Crippen LogP contribution in [0.3, 0.4) is 0 Å². The van der Waals surface area contributed by atoms with Gasteiger partial charge in [-0.3, -0.25) is 14.2 Å². The van der Waals surface area contributed by atoms with Crippen molar-refractivity contribution in [3.05, 3.63) is 34.2 Å². The first-order valence-corrected chi connectivity index (χ1v) is 4.00. The van der Waals surface area contributed by atoms with Crippen LogP contribution in [0.25, 0.3) is 0 Å². The van der Waals surface area contributed by atoms with Gasteiger partial charge in [-0.15, -0.1) is 0 Å². The van der Waals surface area contributed by atoms with Crippen molar-refractivity contribution < 1.29 is 18.0 Å². The first kappa shape index (κ1) is 9.75. The number of amides is 1. The lowest BCUT2D eigenvalue weighted by Gasteiger charge is -2.16. The molecule has 1 aromatic heterocycles. The minimum Gasteiger partial charge on any atom is -0.322 e. The summed E-state index contributed by atoms with van der Waals surface area (Å²) in [6.07, 6.45) is -6.93. The van der Waals surface area contributed by atoms with Gasteiger partial charge in [-0.2, -0.15) is 13.2 Å². The molecule has 1 aliphatic rings. The number of fused-ring (bicyclic) bond motifs is 1. The SMILES string of the molecule is O=C1NC(C(F)(F)F)n2c1cccc2=O. The molecule has 1 atom stereocenters. The molecule has 1 unspecified atom stereocenters. The van der Waals surface area contributed by atoms with Gasteiger partial charge in [-0.1, -0.05) is 6.07 Å². The second kappa shape index (κ2) is 2.85. The first-order valence-electron chi connectivity index (χ1n) is 4.00. The Balaban J connectivity index is 2.64. The Kier molecular flexibility index (Phi) is 1.85. The Morgan fingerprint density at radius 1 is 1.27 bits per heavy atom. The molecule has 7 heteroatoms. The van der Waals surface area contributed by atoms with Crippen molar-refractivity contribution in [3.63, 3.8) is 0 Å². The molecule has 1 aliphatic heterocycles. The molecule has 0 fully saturated rings. The molecular weight excluding hydrogens is 213 g/mol. The maximum atomic E-state index is 12.4. The lowest BCUT2D eigenvalue weighted by molar-refractivity contribution is -0.171. The molecule has 0 spiro atoms. The lowest BCUT2D eigenvalue weighted by Crippen LogP contribution is -2.38. The number of nitrogens with zero attached hydrogens (tertiary/aromatic N) is 1. The highest BCUT2D eigenvalue weighted by atomic mass is 19.4. The van der Waals surface area contributed by atoms with Gasteiger partial charge in [0.2, 0.25) is 6.17 Å². The van der Waals surface area contributed by atoms with Crippen molar-refractivity contribution in [2.24, 2.45) is 0 Å². The van der Waals surface area contributed by atoms with Gasteiger partial charge in [0.25, 0.3) is 11.5 Å². The third kappa shape index (κ3) is 1.39. The summed E-state index contributed by atoms with van der Waals surface area (Å²) in [6, 6.07) is 3.39. The molecule has 0 radical (unpaired) electrons. The number of hydrogen-bond donors (Lipinski definition) is 1. The van der Waals surface area contributed by atoms with Crippen LogP contribution in [-0.2, 0) is 0 Å². The quantitative estimate of drug-likeness (QED) is 0.695. The van der Waals surface area contributed by atoms with E-state index >= 15 is 0 Å². The highest BCUT2D eigenvalue weighted by Crippen LogP contribution is 2.31. The number of rotatable bonds is 0. The predicted molar refractivity (Wildman–Crippen MR) is 43.3 cm³/mol. The van der Waals surface area contributed by atoms with Gasteiger partial charge >= 0.3 is 6.18 Å². The van der Waals surface area contributed by atoms with E-state index in [9.17, 15) is 22.8 Å². The van der Waals surface area contributed by atoms with Gasteiger partial charge in [-0.05, 0) is 6.07 Å². The summed E-state index contributed by atoms with van der Waals surface area (Å²) >= 11 is 0. The predicted octanol–water partition coefficient (Wildman–Crippen LogP) is 0.653. The van der Waals surface area contributed by atoms with Crippen molar-refractivity contribution in [2.45, 2.75) is 12.3 Å². The minimum absolute atomic E-state index is 0.273. The van der Waals surface area contributed by atoms with E-state index in [1.807, 2.05) is 0 Å². The van der Waals surface area contributed by atoms with Gasteiger partial charge in [0.15, 0.2) is 0 Å². The second-order valence-corrected chi connectivity index (χ2v) is 3.04. The molecule has 2 rings (SSSR count). The topological polar surface area (TPSA) is 51.1 Å². The Hall–Kier alpha value is -1.79. The van der Waals surface area contributed by atoms with Crippen molar-refractivity contribution in [1.82, 2.24) is 9.88 Å². The van der Waals surface area contributed by atoms with Crippen LogP contribution in [0, 0.1) is 0 Å². The van der Waals surface area contributed by atoms with E-state index in [-0.39, 0.29) is 5.69 Å². The average molecular weight is 218 g/mol. The van der Waals surface area contributed by atoms with Gasteiger partial charge in [0.05, 0.1) is 0 Å². The smallest absolute Gasteiger partial charge is 0.322 e. The highest BCUT2D eigenvalue weighted by Gasteiger charge is 2.47. The van der Waals surface area contributed by atoms with Crippen molar-refractivity contribution in [3.8, 4) is 0 Å². The summed E-state index contributed by atoms with van der Waals surface area (Å²) in [5, 5.41) is 1.70. The van der Waals surface area contributed by atoms with Crippen LogP contribution in [0.4, 0.5) is 13.2 Å². The van der Waals surface area contributed by atoms with Crippen LogP contribution < -0.4 is 10.9 Å². The van der Waals surface area contributed by atoms with Crippen molar-refractivity contribution in [1.29, 1.82) is 0 Å². The van der Waals surface area contributed by atoms with Gasteiger partial charge in [0.1, 0.15) is 5.69 Å². The van der Waals surface area contributed by atoms with Crippen LogP contribution in [-0.4, -0.2) is 16.7 Å². The van der Waals surface area contributed by atoms with Crippen molar-refractivity contribution >= 4 is 5.91 Å². The third-order valence-corrected chi connectivity index (χ3v) is 2.06. The number of nitrogens with one attached hydrogen (secondary N) is 1. The molecule has 1 N–H and O–H groups in total. The Morgan fingerprint density at radius 2 is 1.93 bits per heavy atom. The van der Waals surface area contributed by atoms with E-state index in [1.54, 1.807) is 5.32 Å². The van der Waals surface area contributed by atoms with E-state index in [0.29, 0.717) is 4.57 Å². The maximum absolute atomic E-state index is 12.4. The fraction of sp³-hybridized carbons (Fsp3) is 0.250.